The van der Waals surface area contributed by atoms with E-state index in [-0.39, 0.29) is 5.41 Å². The maximum absolute atomic E-state index is 5.91. The Labute approximate surface area is 136 Å². The molecule has 2 N–H and O–H groups in total. The van der Waals surface area contributed by atoms with E-state index in [1.165, 1.54) is 45.0 Å². The molecule has 2 atom stereocenters. The van der Waals surface area contributed by atoms with E-state index in [4.69, 9.17) is 11.6 Å². The Morgan fingerprint density at radius 1 is 1.14 bits per heavy atom. The van der Waals surface area contributed by atoms with Gasteiger partial charge in [0.25, 0.3) is 0 Å². The molecular weight excluding hydrogens is 296 g/mol. The summed E-state index contributed by atoms with van der Waals surface area (Å²) in [6.07, 6.45) is 1.84. The molecule has 4 aliphatic heterocycles. The van der Waals surface area contributed by atoms with Crippen molar-refractivity contribution in [3.63, 3.8) is 0 Å². The molecule has 4 aliphatic rings. The van der Waals surface area contributed by atoms with Crippen LogP contribution in [0, 0.1) is 11.3 Å². The molecule has 5 rings (SSSR count). The second-order valence-electron chi connectivity index (χ2n) is 7.30. The van der Waals surface area contributed by atoms with Crippen LogP contribution >= 0.6 is 11.6 Å². The number of fused-ring (bicyclic) bond motifs is 1. The van der Waals surface area contributed by atoms with Gasteiger partial charge in [-0.2, -0.15) is 10.2 Å². The number of nitrogens with zero attached hydrogens (tertiary/aromatic N) is 2. The lowest BCUT2D eigenvalue weighted by atomic mass is 9.72. The van der Waals surface area contributed by atoms with E-state index in [0.29, 0.717) is 5.92 Å². The van der Waals surface area contributed by atoms with Crippen LogP contribution in [-0.4, -0.2) is 51.2 Å². The Morgan fingerprint density at radius 3 is 2.36 bits per heavy atom. The van der Waals surface area contributed by atoms with Crippen molar-refractivity contribution < 1.29 is 9.80 Å². The summed E-state index contributed by atoms with van der Waals surface area (Å²) in [4.78, 5) is 3.53. The molecule has 4 fully saturated rings. The molecule has 22 heavy (non-hydrogen) atoms. The lowest BCUT2D eigenvalue weighted by Gasteiger charge is -2.43. The van der Waals surface area contributed by atoms with Gasteiger partial charge in [0.2, 0.25) is 0 Å². The van der Waals surface area contributed by atoms with E-state index in [9.17, 15) is 0 Å². The van der Waals surface area contributed by atoms with Crippen molar-refractivity contribution in [2.24, 2.45) is 21.5 Å². The Balaban J connectivity index is 1.58. The van der Waals surface area contributed by atoms with Crippen LogP contribution in [0.3, 0.4) is 0 Å². The lowest BCUT2D eigenvalue weighted by Crippen LogP contribution is -3.16. The molecular formula is C17H23ClN4+2. The number of nitrogens with one attached hydrogen (secondary N) is 2. The summed E-state index contributed by atoms with van der Waals surface area (Å²) < 4.78 is 0. The van der Waals surface area contributed by atoms with Crippen LogP contribution in [0.1, 0.15) is 12.5 Å². The third-order valence-electron chi connectivity index (χ3n) is 5.43. The quantitative estimate of drug-likeness (QED) is 0.547. The van der Waals surface area contributed by atoms with Crippen molar-refractivity contribution >= 4 is 23.5 Å². The maximum atomic E-state index is 5.91. The molecule has 0 saturated carbocycles. The third kappa shape index (κ3) is 2.60. The molecule has 0 aromatic heterocycles. The number of hydrogen-bond acceptors (Lipinski definition) is 2. The average Bonchev–Trinajstić information content (AvgIpc) is 2.71. The first-order valence-corrected chi connectivity index (χ1v) is 8.54. The largest absolute Gasteiger partial charge is 0.329 e. The number of piperidine rings is 2. The first kappa shape index (κ1) is 14.4. The molecule has 0 aliphatic carbocycles. The van der Waals surface area contributed by atoms with Crippen molar-refractivity contribution in [1.29, 1.82) is 0 Å². The van der Waals surface area contributed by atoms with Gasteiger partial charge in [-0.1, -0.05) is 23.7 Å². The van der Waals surface area contributed by atoms with Crippen LogP contribution in [0.25, 0.3) is 0 Å². The summed E-state index contributed by atoms with van der Waals surface area (Å²) in [5, 5.41) is 9.83. The lowest BCUT2D eigenvalue weighted by molar-refractivity contribution is -0.918. The van der Waals surface area contributed by atoms with Crippen LogP contribution < -0.4 is 9.80 Å². The van der Waals surface area contributed by atoms with E-state index in [1.807, 2.05) is 30.5 Å². The van der Waals surface area contributed by atoms with Gasteiger partial charge in [-0.25, -0.2) is 0 Å². The van der Waals surface area contributed by atoms with E-state index in [2.05, 4.69) is 17.1 Å². The van der Waals surface area contributed by atoms with Gasteiger partial charge in [0, 0.05) is 5.02 Å². The highest BCUT2D eigenvalue weighted by atomic mass is 35.5. The number of rotatable bonds is 2. The fourth-order valence-electron chi connectivity index (χ4n) is 4.59. The number of halogens is 1. The van der Waals surface area contributed by atoms with Crippen molar-refractivity contribution in [3.8, 4) is 0 Å². The molecule has 4 bridgehead atoms. The second-order valence-corrected chi connectivity index (χ2v) is 7.74. The van der Waals surface area contributed by atoms with Gasteiger partial charge >= 0.3 is 0 Å². The monoisotopic (exact) mass is 318 g/mol. The zero-order valence-electron chi connectivity index (χ0n) is 13.0. The molecule has 0 radical (unpaired) electrons. The highest BCUT2D eigenvalue weighted by molar-refractivity contribution is 6.30. The molecule has 1 aromatic rings. The molecule has 5 heteroatoms. The van der Waals surface area contributed by atoms with Gasteiger partial charge in [-0.3, -0.25) is 0 Å². The highest BCUT2D eigenvalue weighted by Crippen LogP contribution is 2.26. The normalized spacial score (nSPS) is 38.8. The zero-order chi connectivity index (χ0) is 15.2. The Hall–Kier alpha value is -1.23. The summed E-state index contributed by atoms with van der Waals surface area (Å²) in [6, 6.07) is 7.72. The zero-order valence-corrected chi connectivity index (χ0v) is 13.7. The second kappa shape index (κ2) is 5.44. The molecule has 2 unspecified atom stereocenters. The van der Waals surface area contributed by atoms with Crippen molar-refractivity contribution in [2.45, 2.75) is 6.92 Å². The molecule has 4 heterocycles. The SMILES string of the molecule is CC12C[NH+]3CC[NH+](CC(C3)/C1=N\N=C/c1ccc(Cl)cc1)C2. The molecule has 4 saturated heterocycles. The first-order valence-electron chi connectivity index (χ1n) is 8.16. The van der Waals surface area contributed by atoms with E-state index >= 15 is 0 Å². The summed E-state index contributed by atoms with van der Waals surface area (Å²) in [5.41, 5.74) is 2.62. The summed E-state index contributed by atoms with van der Waals surface area (Å²) >= 11 is 5.91. The van der Waals surface area contributed by atoms with Crippen LogP contribution in [0.4, 0.5) is 0 Å². The predicted octanol–water partition coefficient (Wildman–Crippen LogP) is -0.452. The van der Waals surface area contributed by atoms with Gasteiger partial charge in [0.05, 0.1) is 44.0 Å². The van der Waals surface area contributed by atoms with Gasteiger partial charge < -0.3 is 9.80 Å². The Bertz CT molecular complexity index is 606. The predicted molar refractivity (Wildman–Crippen MR) is 89.2 cm³/mol. The standard InChI is InChI=1S/C17H21ClN4/c1-17-11-21-6-7-22(12-17)10-14(9-21)16(17)20-19-8-13-2-4-15(18)5-3-13/h2-5,8,14H,6-7,9-12H2,1H3/p+2/b19-8-,20-16+. The van der Waals surface area contributed by atoms with Crippen LogP contribution in [-0.2, 0) is 0 Å². The van der Waals surface area contributed by atoms with Crippen molar-refractivity contribution in [1.82, 2.24) is 0 Å². The minimum absolute atomic E-state index is 0.236. The fourth-order valence-corrected chi connectivity index (χ4v) is 4.72. The summed E-state index contributed by atoms with van der Waals surface area (Å²) in [6.45, 7) is 9.97. The summed E-state index contributed by atoms with van der Waals surface area (Å²) in [7, 11) is 0. The van der Waals surface area contributed by atoms with E-state index in [0.717, 1.165) is 10.6 Å². The van der Waals surface area contributed by atoms with E-state index < -0.39 is 0 Å². The van der Waals surface area contributed by atoms with Crippen LogP contribution in [0.2, 0.25) is 5.02 Å². The topological polar surface area (TPSA) is 33.6 Å². The van der Waals surface area contributed by atoms with Crippen molar-refractivity contribution in [3.05, 3.63) is 34.9 Å². The molecule has 0 spiro atoms. The van der Waals surface area contributed by atoms with E-state index in [1.54, 1.807) is 9.80 Å². The fraction of sp³-hybridized carbons (Fsp3) is 0.529. The smallest absolute Gasteiger partial charge is 0.127 e. The Morgan fingerprint density at radius 2 is 1.77 bits per heavy atom. The molecule has 116 valence electrons. The van der Waals surface area contributed by atoms with Crippen molar-refractivity contribution in [2.75, 3.05) is 39.3 Å². The first-order chi connectivity index (χ1) is 10.6. The average molecular weight is 319 g/mol. The Kier molecular flexibility index (Phi) is 3.56. The number of benzene rings is 1. The maximum Gasteiger partial charge on any atom is 0.127 e. The van der Waals surface area contributed by atoms with Gasteiger partial charge in [-0.05, 0) is 24.6 Å². The molecule has 1 aromatic carbocycles. The third-order valence-corrected chi connectivity index (χ3v) is 5.68. The molecule has 4 nitrogen and oxygen atoms in total. The van der Waals surface area contributed by atoms with Gasteiger partial charge in [0.1, 0.15) is 18.5 Å². The number of quaternary nitrogens is 2. The van der Waals surface area contributed by atoms with Crippen LogP contribution in [0.5, 0.6) is 0 Å². The molecule has 0 amide bonds. The summed E-state index contributed by atoms with van der Waals surface area (Å²) in [5.74, 6) is 0.613. The number of hydrogen-bond donors (Lipinski definition) is 2. The minimum atomic E-state index is 0.236. The minimum Gasteiger partial charge on any atom is -0.329 e. The van der Waals surface area contributed by atoms with Gasteiger partial charge in [0.15, 0.2) is 0 Å². The van der Waals surface area contributed by atoms with Crippen LogP contribution in [0.15, 0.2) is 34.5 Å². The van der Waals surface area contributed by atoms with Gasteiger partial charge in [-0.15, -0.1) is 0 Å². The highest BCUT2D eigenvalue weighted by Gasteiger charge is 2.54.